The van der Waals surface area contributed by atoms with Gasteiger partial charge in [0.05, 0.1) is 23.8 Å². The number of carbonyl (C=O) groups is 1. The summed E-state index contributed by atoms with van der Waals surface area (Å²) in [6, 6.07) is 8.98. The summed E-state index contributed by atoms with van der Waals surface area (Å²) in [5.74, 6) is -2.90. The fourth-order valence-electron chi connectivity index (χ4n) is 3.12. The molecule has 0 amide bonds. The van der Waals surface area contributed by atoms with Crippen LogP contribution in [-0.4, -0.2) is 18.0 Å². The highest BCUT2D eigenvalue weighted by molar-refractivity contribution is 6.16. The maximum Gasteiger partial charge on any atom is 0.419 e. The van der Waals surface area contributed by atoms with Crippen LogP contribution in [0.2, 0.25) is 0 Å². The van der Waals surface area contributed by atoms with Crippen LogP contribution in [0, 0.1) is 12.7 Å². The van der Waals surface area contributed by atoms with Gasteiger partial charge < -0.3 is 9.84 Å². The zero-order chi connectivity index (χ0) is 19.9. The van der Waals surface area contributed by atoms with Crippen LogP contribution in [-0.2, 0) is 6.18 Å². The van der Waals surface area contributed by atoms with Crippen molar-refractivity contribution in [2.45, 2.75) is 13.1 Å². The lowest BCUT2D eigenvalue weighted by Crippen LogP contribution is -2.14. The number of alkyl halides is 3. The first-order valence-electron chi connectivity index (χ1n) is 7.87. The second-order valence-corrected chi connectivity index (χ2v) is 5.92. The normalized spacial score (nSPS) is 11.6. The van der Waals surface area contributed by atoms with E-state index in [4.69, 9.17) is 4.74 Å². The number of fused-ring (bicyclic) bond motifs is 1. The Hall–Kier alpha value is -3.09. The van der Waals surface area contributed by atoms with Crippen LogP contribution in [0.3, 0.4) is 0 Å². The predicted molar refractivity (Wildman–Crippen MR) is 91.7 cm³/mol. The third-order valence-electron chi connectivity index (χ3n) is 4.36. The topological polar surface area (TPSA) is 46.5 Å². The molecule has 140 valence electrons. The largest absolute Gasteiger partial charge is 0.507 e. The molecule has 27 heavy (non-hydrogen) atoms. The number of halogens is 4. The van der Waals surface area contributed by atoms with Gasteiger partial charge in [-0.05, 0) is 19.1 Å². The zero-order valence-electron chi connectivity index (χ0n) is 14.3. The Kier molecular flexibility index (Phi) is 4.55. The minimum atomic E-state index is -4.95. The molecule has 3 nitrogen and oxygen atoms in total. The van der Waals surface area contributed by atoms with E-state index in [1.807, 2.05) is 0 Å². The van der Waals surface area contributed by atoms with Gasteiger partial charge in [-0.1, -0.05) is 30.3 Å². The number of hydrogen-bond acceptors (Lipinski definition) is 3. The minimum absolute atomic E-state index is 0.204. The molecule has 0 radical (unpaired) electrons. The lowest BCUT2D eigenvalue weighted by Gasteiger charge is -2.17. The molecular formula is C20H14F4O3. The summed E-state index contributed by atoms with van der Waals surface area (Å²) in [4.78, 5) is 12.9. The summed E-state index contributed by atoms with van der Waals surface area (Å²) in [7, 11) is 1.37. The summed E-state index contributed by atoms with van der Waals surface area (Å²) < 4.78 is 58.6. The Morgan fingerprint density at radius 3 is 2.26 bits per heavy atom. The van der Waals surface area contributed by atoms with E-state index < -0.39 is 34.7 Å². The molecule has 3 aromatic rings. The van der Waals surface area contributed by atoms with E-state index in [-0.39, 0.29) is 22.3 Å². The molecule has 3 aromatic carbocycles. The number of phenols is 1. The molecular weight excluding hydrogens is 364 g/mol. The Balaban J connectivity index is 2.30. The standard InChI is InChI=1S/C20H14F4O3/c1-10-15(17(25)11-6-3-4-7-12(11)19(10)27-2)18(26)13-8-5-9-14(16(13)21)20(22,23)24/h3-9,25H,1-2H3. The molecule has 7 heteroatoms. The lowest BCUT2D eigenvalue weighted by atomic mass is 9.92. The molecule has 0 unspecified atom stereocenters. The van der Waals surface area contributed by atoms with Gasteiger partial charge in [-0.15, -0.1) is 0 Å². The van der Waals surface area contributed by atoms with Gasteiger partial charge in [-0.3, -0.25) is 4.79 Å². The molecule has 0 fully saturated rings. The quantitative estimate of drug-likeness (QED) is 0.500. The van der Waals surface area contributed by atoms with Crippen molar-refractivity contribution in [3.8, 4) is 11.5 Å². The average molecular weight is 378 g/mol. The van der Waals surface area contributed by atoms with Crippen molar-refractivity contribution in [1.29, 1.82) is 0 Å². The number of phenolic OH excluding ortho intramolecular Hbond substituents is 1. The first-order valence-corrected chi connectivity index (χ1v) is 7.87. The highest BCUT2D eigenvalue weighted by Gasteiger charge is 2.36. The second kappa shape index (κ2) is 6.57. The number of methoxy groups -OCH3 is 1. The first-order chi connectivity index (χ1) is 12.7. The molecule has 3 rings (SSSR count). The van der Waals surface area contributed by atoms with E-state index in [1.54, 1.807) is 18.2 Å². The van der Waals surface area contributed by atoms with Gasteiger partial charge in [-0.25, -0.2) is 4.39 Å². The summed E-state index contributed by atoms with van der Waals surface area (Å²) in [6.45, 7) is 1.48. The SMILES string of the molecule is COc1c(C)c(C(=O)c2cccc(C(F)(F)F)c2F)c(O)c2ccccc12. The predicted octanol–water partition coefficient (Wildman–Crippen LogP) is 5.25. The van der Waals surface area contributed by atoms with E-state index in [1.165, 1.54) is 20.1 Å². The van der Waals surface area contributed by atoms with Crippen molar-refractivity contribution in [3.05, 3.63) is 70.5 Å². The molecule has 0 aliphatic carbocycles. The third-order valence-corrected chi connectivity index (χ3v) is 4.36. The van der Waals surface area contributed by atoms with Crippen LogP contribution in [0.15, 0.2) is 42.5 Å². The maximum atomic E-state index is 14.4. The molecule has 0 saturated heterocycles. The summed E-state index contributed by atoms with van der Waals surface area (Å²) in [6.07, 6.45) is -4.95. The summed E-state index contributed by atoms with van der Waals surface area (Å²) in [5.41, 5.74) is -2.42. The number of ether oxygens (including phenoxy) is 1. The smallest absolute Gasteiger partial charge is 0.419 e. The van der Waals surface area contributed by atoms with Crippen molar-refractivity contribution in [2.75, 3.05) is 7.11 Å². The van der Waals surface area contributed by atoms with Crippen LogP contribution in [0.5, 0.6) is 11.5 Å². The van der Waals surface area contributed by atoms with Gasteiger partial charge in [0.15, 0.2) is 5.78 Å². The number of hydrogen-bond donors (Lipinski definition) is 1. The Morgan fingerprint density at radius 2 is 1.67 bits per heavy atom. The second-order valence-electron chi connectivity index (χ2n) is 5.92. The first kappa shape index (κ1) is 18.7. The maximum absolute atomic E-state index is 14.4. The number of aromatic hydroxyl groups is 1. The van der Waals surface area contributed by atoms with E-state index in [0.29, 0.717) is 11.5 Å². The fourth-order valence-corrected chi connectivity index (χ4v) is 3.12. The number of rotatable bonds is 3. The van der Waals surface area contributed by atoms with Gasteiger partial charge in [0.25, 0.3) is 0 Å². The van der Waals surface area contributed by atoms with E-state index in [0.717, 1.165) is 12.1 Å². The molecule has 0 atom stereocenters. The van der Waals surface area contributed by atoms with E-state index in [9.17, 15) is 27.5 Å². The molecule has 0 saturated carbocycles. The highest BCUT2D eigenvalue weighted by Crippen LogP contribution is 2.41. The van der Waals surface area contributed by atoms with Gasteiger partial charge in [0.2, 0.25) is 0 Å². The Bertz CT molecular complexity index is 1060. The molecule has 0 bridgehead atoms. The number of benzene rings is 3. The molecule has 0 heterocycles. The molecule has 0 aliphatic heterocycles. The van der Waals surface area contributed by atoms with Crippen molar-refractivity contribution in [2.24, 2.45) is 0 Å². The monoisotopic (exact) mass is 378 g/mol. The molecule has 1 N–H and O–H groups in total. The minimum Gasteiger partial charge on any atom is -0.507 e. The van der Waals surface area contributed by atoms with Crippen LogP contribution < -0.4 is 4.74 Å². The molecule has 0 spiro atoms. The lowest BCUT2D eigenvalue weighted by molar-refractivity contribution is -0.140. The Labute approximate surface area is 151 Å². The van der Waals surface area contributed by atoms with Gasteiger partial charge in [0.1, 0.15) is 17.3 Å². The molecule has 0 aromatic heterocycles. The molecule has 0 aliphatic rings. The zero-order valence-corrected chi connectivity index (χ0v) is 14.3. The highest BCUT2D eigenvalue weighted by atomic mass is 19.4. The van der Waals surface area contributed by atoms with Crippen LogP contribution >= 0.6 is 0 Å². The van der Waals surface area contributed by atoms with Crippen molar-refractivity contribution >= 4 is 16.6 Å². The van der Waals surface area contributed by atoms with E-state index >= 15 is 0 Å². The summed E-state index contributed by atoms with van der Waals surface area (Å²) in [5, 5.41) is 11.4. The van der Waals surface area contributed by atoms with Crippen LogP contribution in [0.4, 0.5) is 17.6 Å². The summed E-state index contributed by atoms with van der Waals surface area (Å²) >= 11 is 0. The van der Waals surface area contributed by atoms with Crippen molar-refractivity contribution in [1.82, 2.24) is 0 Å². The third kappa shape index (κ3) is 2.99. The van der Waals surface area contributed by atoms with Gasteiger partial charge in [-0.2, -0.15) is 13.2 Å². The van der Waals surface area contributed by atoms with Gasteiger partial charge in [0, 0.05) is 16.3 Å². The van der Waals surface area contributed by atoms with Crippen molar-refractivity contribution < 1.29 is 32.2 Å². The Morgan fingerprint density at radius 1 is 1.04 bits per heavy atom. The van der Waals surface area contributed by atoms with Gasteiger partial charge >= 0.3 is 6.18 Å². The van der Waals surface area contributed by atoms with Crippen molar-refractivity contribution in [3.63, 3.8) is 0 Å². The number of ketones is 1. The van der Waals surface area contributed by atoms with E-state index in [2.05, 4.69) is 0 Å². The van der Waals surface area contributed by atoms with Crippen LogP contribution in [0.1, 0.15) is 27.0 Å². The average Bonchev–Trinajstić information content (AvgIpc) is 2.61. The van der Waals surface area contributed by atoms with Crippen LogP contribution in [0.25, 0.3) is 10.8 Å². The number of carbonyl (C=O) groups excluding carboxylic acids is 1. The fraction of sp³-hybridized carbons (Fsp3) is 0.150.